The molecule has 4 amide bonds. The number of anilines is 1. The number of hydrogen-bond acceptors (Lipinski definition) is 5. The molecule has 1 aliphatic heterocycles. The number of urea groups is 1. The summed E-state index contributed by atoms with van der Waals surface area (Å²) < 4.78 is 5.83. The Morgan fingerprint density at radius 1 is 1.05 bits per heavy atom. The minimum Gasteiger partial charge on any atom is -0.492 e. The van der Waals surface area contributed by atoms with Gasteiger partial charge in [0, 0.05) is 61.7 Å². The smallest absolute Gasteiger partial charge is 0.318 e. The molecule has 10 heteroatoms. The molecule has 0 unspecified atom stereocenters. The van der Waals surface area contributed by atoms with E-state index >= 15 is 0 Å². The second-order valence-corrected chi connectivity index (χ2v) is 11.6. The van der Waals surface area contributed by atoms with Crippen LogP contribution >= 0.6 is 0 Å². The number of hydrogen-bond donors (Lipinski definition) is 3. The molecule has 42 heavy (non-hydrogen) atoms. The van der Waals surface area contributed by atoms with Crippen LogP contribution in [-0.2, 0) is 16.1 Å². The summed E-state index contributed by atoms with van der Waals surface area (Å²) >= 11 is 0. The predicted octanol–water partition coefficient (Wildman–Crippen LogP) is 4.00. The van der Waals surface area contributed by atoms with Gasteiger partial charge in [0.2, 0.25) is 11.8 Å². The number of nitrogens with one attached hydrogen (secondary N) is 3. The lowest BCUT2D eigenvalue weighted by Gasteiger charge is -2.36. The van der Waals surface area contributed by atoms with Crippen LogP contribution in [0.25, 0.3) is 10.9 Å². The number of H-pyrrole nitrogens is 1. The summed E-state index contributed by atoms with van der Waals surface area (Å²) in [6, 6.07) is 12.5. The number of rotatable bonds is 10. The molecule has 5 rings (SSSR count). The molecule has 224 valence electrons. The molecule has 1 saturated carbocycles. The SMILES string of the molecule is CCOc1ccc(CN(C)C)cc1NC(=O)[C@H](NC(=O)N1CCN(C(=O)C2CC2)CC1)[C@H](C)c1c[nH]c2ccccc12. The molecule has 3 N–H and O–H groups in total. The number of amides is 4. The highest BCUT2D eigenvalue weighted by Crippen LogP contribution is 2.32. The number of carbonyl (C=O) groups is 3. The quantitative estimate of drug-likeness (QED) is 0.339. The van der Waals surface area contributed by atoms with E-state index in [0.29, 0.717) is 50.8 Å². The van der Waals surface area contributed by atoms with Crippen molar-refractivity contribution in [1.82, 2.24) is 25.0 Å². The third kappa shape index (κ3) is 6.70. The molecule has 0 spiro atoms. The Hall–Kier alpha value is -4.05. The highest BCUT2D eigenvalue weighted by molar-refractivity contribution is 5.99. The standard InChI is InChI=1S/C32H42N6O4/c1-5-42-28-13-10-22(20-36(3)4)18-27(28)34-30(39)29(21(2)25-19-33-26-9-7-6-8-24(25)26)35-32(41)38-16-14-37(15-17-38)31(40)23-11-12-23/h6-10,13,18-19,21,23,29,33H,5,11-12,14-17,20H2,1-4H3,(H,34,39)(H,35,41)/t21-,29-/m1/s1. The summed E-state index contributed by atoms with van der Waals surface area (Å²) in [7, 11) is 3.98. The summed E-state index contributed by atoms with van der Waals surface area (Å²) in [5, 5.41) is 7.12. The average Bonchev–Trinajstić information content (AvgIpc) is 3.74. The lowest BCUT2D eigenvalue weighted by molar-refractivity contribution is -0.133. The van der Waals surface area contributed by atoms with Gasteiger partial charge in [-0.3, -0.25) is 9.59 Å². The monoisotopic (exact) mass is 574 g/mol. The Bertz CT molecular complexity index is 1420. The number of para-hydroxylation sites is 1. The van der Waals surface area contributed by atoms with Crippen molar-refractivity contribution in [1.29, 1.82) is 0 Å². The van der Waals surface area contributed by atoms with Gasteiger partial charge >= 0.3 is 6.03 Å². The molecule has 0 bridgehead atoms. The Morgan fingerprint density at radius 2 is 1.76 bits per heavy atom. The number of aromatic nitrogens is 1. The lowest BCUT2D eigenvalue weighted by Crippen LogP contribution is -2.57. The zero-order valence-corrected chi connectivity index (χ0v) is 25.0. The molecule has 2 fully saturated rings. The van der Waals surface area contributed by atoms with E-state index in [1.807, 2.05) is 81.5 Å². The zero-order valence-electron chi connectivity index (χ0n) is 25.0. The van der Waals surface area contributed by atoms with Crippen molar-refractivity contribution >= 4 is 34.4 Å². The van der Waals surface area contributed by atoms with Crippen LogP contribution in [0.4, 0.5) is 10.5 Å². The van der Waals surface area contributed by atoms with Crippen LogP contribution in [-0.4, -0.2) is 90.5 Å². The van der Waals surface area contributed by atoms with Crippen molar-refractivity contribution in [3.63, 3.8) is 0 Å². The minimum absolute atomic E-state index is 0.160. The van der Waals surface area contributed by atoms with Crippen LogP contribution in [0, 0.1) is 5.92 Å². The molecule has 0 radical (unpaired) electrons. The highest BCUT2D eigenvalue weighted by atomic mass is 16.5. The molecule has 1 aromatic heterocycles. The molecule has 2 aromatic carbocycles. The Balaban J connectivity index is 1.38. The van der Waals surface area contributed by atoms with Gasteiger partial charge in [-0.25, -0.2) is 4.79 Å². The van der Waals surface area contributed by atoms with Crippen LogP contribution in [0.15, 0.2) is 48.7 Å². The molecular formula is C32H42N6O4. The van der Waals surface area contributed by atoms with Gasteiger partial charge in [0.1, 0.15) is 11.8 Å². The molecule has 1 saturated heterocycles. The third-order valence-corrected chi connectivity index (χ3v) is 8.08. The van der Waals surface area contributed by atoms with E-state index in [-0.39, 0.29) is 29.7 Å². The van der Waals surface area contributed by atoms with Crippen LogP contribution in [0.2, 0.25) is 0 Å². The van der Waals surface area contributed by atoms with E-state index in [1.54, 1.807) is 4.90 Å². The molecular weight excluding hydrogens is 532 g/mol. The second-order valence-electron chi connectivity index (χ2n) is 11.6. The predicted molar refractivity (Wildman–Crippen MR) is 164 cm³/mol. The number of piperazine rings is 1. The zero-order chi connectivity index (χ0) is 29.8. The van der Waals surface area contributed by atoms with Gasteiger partial charge < -0.3 is 35.1 Å². The first-order chi connectivity index (χ1) is 20.2. The van der Waals surface area contributed by atoms with E-state index in [2.05, 4.69) is 20.5 Å². The summed E-state index contributed by atoms with van der Waals surface area (Å²) in [6.07, 6.45) is 3.84. The summed E-state index contributed by atoms with van der Waals surface area (Å²) in [5.41, 5.74) is 3.51. The van der Waals surface area contributed by atoms with Gasteiger partial charge in [-0.05, 0) is 63.2 Å². The largest absolute Gasteiger partial charge is 0.492 e. The number of fused-ring (bicyclic) bond motifs is 1. The topological polar surface area (TPSA) is 110 Å². The Labute approximate surface area is 247 Å². The normalized spacial score (nSPS) is 16.8. The van der Waals surface area contributed by atoms with Gasteiger partial charge in [-0.1, -0.05) is 31.2 Å². The first-order valence-corrected chi connectivity index (χ1v) is 14.9. The fraction of sp³-hybridized carbons (Fsp3) is 0.469. The number of ether oxygens (including phenoxy) is 1. The fourth-order valence-corrected chi connectivity index (χ4v) is 5.64. The van der Waals surface area contributed by atoms with E-state index in [4.69, 9.17) is 4.74 Å². The Morgan fingerprint density at radius 3 is 2.45 bits per heavy atom. The summed E-state index contributed by atoms with van der Waals surface area (Å²) in [5.74, 6) is 0.264. The molecule has 2 atom stereocenters. The lowest BCUT2D eigenvalue weighted by atomic mass is 9.92. The van der Waals surface area contributed by atoms with Gasteiger partial charge in [-0.2, -0.15) is 0 Å². The maximum absolute atomic E-state index is 14.0. The molecule has 2 heterocycles. The van der Waals surface area contributed by atoms with Crippen molar-refractivity contribution in [2.24, 2.45) is 5.92 Å². The van der Waals surface area contributed by atoms with Crippen LogP contribution in [0.3, 0.4) is 0 Å². The number of aromatic amines is 1. The van der Waals surface area contributed by atoms with Crippen molar-refractivity contribution in [2.45, 2.75) is 45.2 Å². The molecule has 1 aliphatic carbocycles. The number of carbonyl (C=O) groups excluding carboxylic acids is 3. The maximum atomic E-state index is 14.0. The van der Waals surface area contributed by atoms with Crippen LogP contribution in [0.1, 0.15) is 43.7 Å². The van der Waals surface area contributed by atoms with Crippen molar-refractivity contribution < 1.29 is 19.1 Å². The van der Waals surface area contributed by atoms with Gasteiger partial charge in [-0.15, -0.1) is 0 Å². The summed E-state index contributed by atoms with van der Waals surface area (Å²) in [6.45, 7) is 6.90. The summed E-state index contributed by atoms with van der Waals surface area (Å²) in [4.78, 5) is 49.0. The third-order valence-electron chi connectivity index (χ3n) is 8.08. The number of benzene rings is 2. The molecule has 3 aromatic rings. The average molecular weight is 575 g/mol. The maximum Gasteiger partial charge on any atom is 0.318 e. The number of nitrogens with zero attached hydrogens (tertiary/aromatic N) is 3. The van der Waals surface area contributed by atoms with Crippen molar-refractivity contribution in [2.75, 3.05) is 52.2 Å². The van der Waals surface area contributed by atoms with Gasteiger partial charge in [0.25, 0.3) is 0 Å². The molecule has 10 nitrogen and oxygen atoms in total. The van der Waals surface area contributed by atoms with Crippen LogP contribution < -0.4 is 15.4 Å². The minimum atomic E-state index is -0.866. The van der Waals surface area contributed by atoms with Crippen molar-refractivity contribution in [3.05, 3.63) is 59.8 Å². The molecule has 2 aliphatic rings. The van der Waals surface area contributed by atoms with E-state index in [1.165, 1.54) is 0 Å². The van der Waals surface area contributed by atoms with Crippen molar-refractivity contribution in [3.8, 4) is 5.75 Å². The fourth-order valence-electron chi connectivity index (χ4n) is 5.64. The second kappa shape index (κ2) is 12.9. The van der Waals surface area contributed by atoms with Gasteiger partial charge in [0.15, 0.2) is 0 Å². The van der Waals surface area contributed by atoms with Gasteiger partial charge in [0.05, 0.1) is 12.3 Å². The highest BCUT2D eigenvalue weighted by Gasteiger charge is 2.36. The first-order valence-electron chi connectivity index (χ1n) is 14.9. The van der Waals surface area contributed by atoms with E-state index in [9.17, 15) is 14.4 Å². The first kappa shape index (κ1) is 29.4. The Kier molecular flexibility index (Phi) is 9.01. The van der Waals surface area contributed by atoms with E-state index in [0.717, 1.165) is 34.9 Å². The van der Waals surface area contributed by atoms with E-state index < -0.39 is 6.04 Å². The van der Waals surface area contributed by atoms with Crippen LogP contribution in [0.5, 0.6) is 5.75 Å².